The van der Waals surface area contributed by atoms with Crippen molar-refractivity contribution in [3.63, 3.8) is 0 Å². The third-order valence-electron chi connectivity index (χ3n) is 5.54. The van der Waals surface area contributed by atoms with E-state index in [4.69, 9.17) is 25.8 Å². The lowest BCUT2D eigenvalue weighted by Gasteiger charge is -2.27. The first-order valence-corrected chi connectivity index (χ1v) is 11.0. The highest BCUT2D eigenvalue weighted by Gasteiger charge is 2.46. The van der Waals surface area contributed by atoms with Crippen molar-refractivity contribution >= 4 is 29.1 Å². The highest BCUT2D eigenvalue weighted by Crippen LogP contribution is 2.43. The van der Waals surface area contributed by atoms with E-state index in [1.807, 2.05) is 45.0 Å². The van der Waals surface area contributed by atoms with Gasteiger partial charge in [-0.3, -0.25) is 9.59 Å². The van der Waals surface area contributed by atoms with E-state index in [1.165, 1.54) is 31.3 Å². The molecule has 2 aromatic carbocycles. The molecule has 0 aliphatic carbocycles. The predicted octanol–water partition coefficient (Wildman–Crippen LogP) is 4.51. The highest BCUT2D eigenvalue weighted by atomic mass is 35.5. The fourth-order valence-corrected chi connectivity index (χ4v) is 4.15. The SMILES string of the molecule is COc1cc(OC)c(/C(O)=C2\C(=O)C(=O)N(CCOC(C)C)C2c2ccccc2C)cc1Cl. The predicted molar refractivity (Wildman–Crippen MR) is 126 cm³/mol. The molecule has 0 spiro atoms. The number of methoxy groups -OCH3 is 2. The standard InChI is InChI=1S/C25H28ClNO6/c1-14(2)33-11-10-27-22(16-9-7-6-8-15(16)3)21(24(29)25(27)30)23(28)17-12-18(26)20(32-5)13-19(17)31-4/h6-9,12-14,22,28H,10-11H2,1-5H3/b23-21+. The summed E-state index contributed by atoms with van der Waals surface area (Å²) in [5.41, 5.74) is 1.78. The first-order chi connectivity index (χ1) is 15.7. The maximum absolute atomic E-state index is 13.2. The van der Waals surface area contributed by atoms with Gasteiger partial charge in [-0.15, -0.1) is 0 Å². The number of hydrogen-bond acceptors (Lipinski definition) is 6. The maximum Gasteiger partial charge on any atom is 0.295 e. The zero-order valence-corrected chi connectivity index (χ0v) is 20.1. The summed E-state index contributed by atoms with van der Waals surface area (Å²) in [6.45, 7) is 6.13. The minimum absolute atomic E-state index is 0.0237. The smallest absolute Gasteiger partial charge is 0.295 e. The van der Waals surface area contributed by atoms with Gasteiger partial charge in [0.2, 0.25) is 0 Å². The number of hydrogen-bond donors (Lipinski definition) is 1. The van der Waals surface area contributed by atoms with E-state index in [1.54, 1.807) is 0 Å². The number of aryl methyl sites for hydroxylation is 1. The molecule has 1 aliphatic heterocycles. The van der Waals surface area contributed by atoms with Crippen molar-refractivity contribution in [2.45, 2.75) is 32.9 Å². The summed E-state index contributed by atoms with van der Waals surface area (Å²) in [5, 5.41) is 11.6. The summed E-state index contributed by atoms with van der Waals surface area (Å²) in [6.07, 6.45) is -0.0237. The number of Topliss-reactive ketones (excluding diaryl/α,β-unsaturated/α-hetero) is 1. The molecule has 0 aromatic heterocycles. The molecule has 33 heavy (non-hydrogen) atoms. The summed E-state index contributed by atoms with van der Waals surface area (Å²) in [7, 11) is 2.89. The molecule has 1 fully saturated rings. The third kappa shape index (κ3) is 4.84. The molecule has 0 bridgehead atoms. The molecule has 3 rings (SSSR count). The number of carbonyl (C=O) groups excluding carboxylic acids is 2. The molecular formula is C25H28ClNO6. The Morgan fingerprint density at radius 1 is 1.12 bits per heavy atom. The molecule has 1 heterocycles. The molecule has 0 radical (unpaired) electrons. The maximum atomic E-state index is 13.2. The van der Waals surface area contributed by atoms with E-state index in [0.717, 1.165) is 11.1 Å². The van der Waals surface area contributed by atoms with Crippen LogP contribution in [-0.2, 0) is 14.3 Å². The number of amides is 1. The number of aliphatic hydroxyl groups is 1. The van der Waals surface area contributed by atoms with E-state index in [9.17, 15) is 14.7 Å². The first-order valence-electron chi connectivity index (χ1n) is 10.6. The summed E-state index contributed by atoms with van der Waals surface area (Å²) >= 11 is 6.29. The van der Waals surface area contributed by atoms with Crippen LogP contribution in [0.4, 0.5) is 0 Å². The van der Waals surface area contributed by atoms with Gasteiger partial charge in [-0.25, -0.2) is 0 Å². The molecule has 2 aromatic rings. The third-order valence-corrected chi connectivity index (χ3v) is 5.83. The highest BCUT2D eigenvalue weighted by molar-refractivity contribution is 6.46. The van der Waals surface area contributed by atoms with Crippen LogP contribution in [0.1, 0.15) is 36.6 Å². The van der Waals surface area contributed by atoms with Crippen LogP contribution in [0, 0.1) is 6.92 Å². The Balaban J connectivity index is 2.20. The largest absolute Gasteiger partial charge is 0.507 e. The Morgan fingerprint density at radius 2 is 1.79 bits per heavy atom. The number of nitrogens with zero attached hydrogens (tertiary/aromatic N) is 1. The van der Waals surface area contributed by atoms with Gasteiger partial charge in [0.15, 0.2) is 0 Å². The lowest BCUT2D eigenvalue weighted by atomic mass is 9.92. The van der Waals surface area contributed by atoms with Crippen molar-refractivity contribution in [3.8, 4) is 11.5 Å². The molecule has 7 nitrogen and oxygen atoms in total. The van der Waals surface area contributed by atoms with Crippen LogP contribution in [0.2, 0.25) is 5.02 Å². The molecular weight excluding hydrogens is 446 g/mol. The average Bonchev–Trinajstić information content (AvgIpc) is 3.03. The lowest BCUT2D eigenvalue weighted by Crippen LogP contribution is -2.33. The fourth-order valence-electron chi connectivity index (χ4n) is 3.90. The summed E-state index contributed by atoms with van der Waals surface area (Å²) in [4.78, 5) is 27.7. The second kappa shape index (κ2) is 10.3. The van der Waals surface area contributed by atoms with Crippen LogP contribution in [0.3, 0.4) is 0 Å². The van der Waals surface area contributed by atoms with Gasteiger partial charge in [-0.05, 0) is 38.0 Å². The molecule has 1 unspecified atom stereocenters. The Bertz CT molecular complexity index is 1090. The molecule has 1 atom stereocenters. The topological polar surface area (TPSA) is 85.3 Å². The molecule has 1 aliphatic rings. The normalized spacial score (nSPS) is 17.7. The fraction of sp³-hybridized carbons (Fsp3) is 0.360. The molecule has 176 valence electrons. The summed E-state index contributed by atoms with van der Waals surface area (Å²) in [6, 6.07) is 9.63. The minimum atomic E-state index is -0.785. The zero-order chi connectivity index (χ0) is 24.3. The second-order valence-electron chi connectivity index (χ2n) is 7.96. The van der Waals surface area contributed by atoms with Crippen LogP contribution in [-0.4, -0.2) is 55.2 Å². The number of carbonyl (C=O) groups is 2. The average molecular weight is 474 g/mol. The molecule has 1 saturated heterocycles. The number of benzene rings is 2. The van der Waals surface area contributed by atoms with Crippen molar-refractivity contribution in [1.82, 2.24) is 4.90 Å². The van der Waals surface area contributed by atoms with E-state index in [-0.39, 0.29) is 46.9 Å². The van der Waals surface area contributed by atoms with E-state index in [2.05, 4.69) is 0 Å². The Labute approximate surface area is 198 Å². The molecule has 1 amide bonds. The number of likely N-dealkylation sites (tertiary alicyclic amines) is 1. The Kier molecular flexibility index (Phi) is 7.66. The van der Waals surface area contributed by atoms with Gasteiger partial charge in [0.1, 0.15) is 17.3 Å². The molecule has 0 saturated carbocycles. The van der Waals surface area contributed by atoms with Gasteiger partial charge >= 0.3 is 0 Å². The number of ketones is 1. The van der Waals surface area contributed by atoms with Crippen molar-refractivity contribution in [2.75, 3.05) is 27.4 Å². The minimum Gasteiger partial charge on any atom is -0.507 e. The monoisotopic (exact) mass is 473 g/mol. The van der Waals surface area contributed by atoms with E-state index < -0.39 is 17.7 Å². The summed E-state index contributed by atoms with van der Waals surface area (Å²) in [5.74, 6) is -1.23. The number of aliphatic hydroxyl groups excluding tert-OH is 1. The van der Waals surface area contributed by atoms with Gasteiger partial charge in [0, 0.05) is 12.6 Å². The Morgan fingerprint density at radius 3 is 2.39 bits per heavy atom. The van der Waals surface area contributed by atoms with Crippen LogP contribution in [0.5, 0.6) is 11.5 Å². The quantitative estimate of drug-likeness (QED) is 0.345. The zero-order valence-electron chi connectivity index (χ0n) is 19.3. The van der Waals surface area contributed by atoms with Crippen LogP contribution >= 0.6 is 11.6 Å². The first kappa shape index (κ1) is 24.6. The number of ether oxygens (including phenoxy) is 3. The van der Waals surface area contributed by atoms with Crippen LogP contribution < -0.4 is 9.47 Å². The van der Waals surface area contributed by atoms with Gasteiger partial charge in [0.25, 0.3) is 11.7 Å². The number of halogens is 1. The summed E-state index contributed by atoms with van der Waals surface area (Å²) < 4.78 is 16.3. The lowest BCUT2D eigenvalue weighted by molar-refractivity contribution is -0.140. The van der Waals surface area contributed by atoms with Crippen molar-refractivity contribution in [1.29, 1.82) is 0 Å². The van der Waals surface area contributed by atoms with Gasteiger partial charge in [-0.1, -0.05) is 35.9 Å². The molecule has 8 heteroatoms. The Hall–Kier alpha value is -3.03. The van der Waals surface area contributed by atoms with Crippen LogP contribution in [0.15, 0.2) is 42.0 Å². The van der Waals surface area contributed by atoms with Gasteiger partial charge < -0.3 is 24.2 Å². The second-order valence-corrected chi connectivity index (χ2v) is 8.36. The van der Waals surface area contributed by atoms with Gasteiger partial charge in [0.05, 0.1) is 49.1 Å². The van der Waals surface area contributed by atoms with E-state index >= 15 is 0 Å². The van der Waals surface area contributed by atoms with Gasteiger partial charge in [-0.2, -0.15) is 0 Å². The van der Waals surface area contributed by atoms with Crippen molar-refractivity contribution < 1.29 is 28.9 Å². The molecule has 1 N–H and O–H groups in total. The van der Waals surface area contributed by atoms with E-state index in [0.29, 0.717) is 5.75 Å². The van der Waals surface area contributed by atoms with Crippen molar-refractivity contribution in [3.05, 3.63) is 63.7 Å². The van der Waals surface area contributed by atoms with Crippen LogP contribution in [0.25, 0.3) is 5.76 Å². The van der Waals surface area contributed by atoms with Crippen molar-refractivity contribution in [2.24, 2.45) is 0 Å². The number of rotatable bonds is 8.